The number of hydrogen-bond donors (Lipinski definition) is 1. The van der Waals surface area contributed by atoms with Crippen molar-refractivity contribution in [2.24, 2.45) is 5.92 Å². The number of amides is 1. The van der Waals surface area contributed by atoms with E-state index in [-0.39, 0.29) is 11.7 Å². The number of ether oxygens (including phenoxy) is 1. The van der Waals surface area contributed by atoms with Crippen LogP contribution in [0, 0.1) is 12.8 Å². The van der Waals surface area contributed by atoms with E-state index in [2.05, 4.69) is 41.5 Å². The molecule has 1 amide bonds. The van der Waals surface area contributed by atoms with Gasteiger partial charge in [0.25, 0.3) is 0 Å². The van der Waals surface area contributed by atoms with Crippen molar-refractivity contribution in [3.63, 3.8) is 0 Å². The van der Waals surface area contributed by atoms with Crippen LogP contribution in [0.5, 0.6) is 11.8 Å². The summed E-state index contributed by atoms with van der Waals surface area (Å²) in [4.78, 5) is 28.5. The van der Waals surface area contributed by atoms with Gasteiger partial charge in [0.2, 0.25) is 5.91 Å². The van der Waals surface area contributed by atoms with Crippen LogP contribution in [-0.4, -0.2) is 65.2 Å². The van der Waals surface area contributed by atoms with Crippen LogP contribution in [0.25, 0.3) is 10.8 Å². The Morgan fingerprint density at radius 1 is 1.05 bits per heavy atom. The van der Waals surface area contributed by atoms with Crippen LogP contribution >= 0.6 is 0 Å². The van der Waals surface area contributed by atoms with E-state index < -0.39 is 0 Å². The zero-order valence-electron chi connectivity index (χ0n) is 24.9. The normalized spacial score (nSPS) is 17.8. The number of anilines is 2. The summed E-state index contributed by atoms with van der Waals surface area (Å²) in [6.45, 7) is 10.5. The number of phenols is 1. The van der Waals surface area contributed by atoms with Crippen LogP contribution in [0.15, 0.2) is 43.0 Å². The van der Waals surface area contributed by atoms with Gasteiger partial charge in [0, 0.05) is 55.4 Å². The summed E-state index contributed by atoms with van der Waals surface area (Å²) >= 11 is 0. The van der Waals surface area contributed by atoms with Crippen LogP contribution in [0.3, 0.4) is 0 Å². The first-order valence-corrected chi connectivity index (χ1v) is 15.7. The highest BCUT2D eigenvalue weighted by Crippen LogP contribution is 2.37. The second-order valence-corrected chi connectivity index (χ2v) is 12.1. The maximum absolute atomic E-state index is 12.2. The maximum Gasteiger partial charge on any atom is 0.318 e. The number of rotatable bonds is 8. The lowest BCUT2D eigenvalue weighted by Crippen LogP contribution is -2.49. The highest BCUT2D eigenvalue weighted by molar-refractivity contribution is 5.96. The molecule has 1 aromatic heterocycles. The SMILES string of the molecule is C=CC(=O)N1CCN(c2nc(OCCCC3CCCCC3)nc3c2CCN(c2cc(O)cc4cc(C)ccc24)C3)CC1. The monoisotopic (exact) mass is 569 g/mol. The average molecular weight is 570 g/mol. The molecule has 3 heterocycles. The molecule has 0 radical (unpaired) electrons. The molecule has 3 aliphatic rings. The van der Waals surface area contributed by atoms with Crippen molar-refractivity contribution < 1.29 is 14.6 Å². The summed E-state index contributed by atoms with van der Waals surface area (Å²) in [6.07, 6.45) is 11.2. The first-order chi connectivity index (χ1) is 20.5. The third-order valence-corrected chi connectivity index (χ3v) is 9.21. The van der Waals surface area contributed by atoms with Gasteiger partial charge >= 0.3 is 6.01 Å². The van der Waals surface area contributed by atoms with Crippen molar-refractivity contribution in [1.82, 2.24) is 14.9 Å². The van der Waals surface area contributed by atoms with Gasteiger partial charge in [0.05, 0.1) is 18.8 Å². The number of benzene rings is 2. The molecule has 1 N–H and O–H groups in total. The molecule has 222 valence electrons. The van der Waals surface area contributed by atoms with Crippen molar-refractivity contribution in [1.29, 1.82) is 0 Å². The molecule has 3 aromatic rings. The Morgan fingerprint density at radius 3 is 2.64 bits per heavy atom. The van der Waals surface area contributed by atoms with Crippen LogP contribution in [0.4, 0.5) is 11.5 Å². The first kappa shape index (κ1) is 28.3. The molecule has 42 heavy (non-hydrogen) atoms. The maximum atomic E-state index is 12.2. The number of nitrogens with zero attached hydrogens (tertiary/aromatic N) is 5. The van der Waals surface area contributed by atoms with Crippen molar-refractivity contribution in [3.05, 3.63) is 59.8 Å². The fourth-order valence-corrected chi connectivity index (χ4v) is 6.91. The Balaban J connectivity index is 1.25. The van der Waals surface area contributed by atoms with Crippen LogP contribution in [0.1, 0.15) is 61.8 Å². The van der Waals surface area contributed by atoms with E-state index in [1.165, 1.54) is 50.2 Å². The Morgan fingerprint density at radius 2 is 1.86 bits per heavy atom. The summed E-state index contributed by atoms with van der Waals surface area (Å²) in [5.74, 6) is 2.01. The molecule has 2 aromatic carbocycles. The standard InChI is InChI=1S/C34H43N5O3/c1-3-32(41)37-15-17-38(18-16-37)33-29-13-14-39(31-22-27(40)21-26-20-24(2)11-12-28(26)31)23-30(29)35-34(36-33)42-19-7-10-25-8-5-4-6-9-25/h3,11-12,20-22,25,40H,1,4-10,13-19,23H2,2H3. The van der Waals surface area contributed by atoms with E-state index in [1.54, 1.807) is 0 Å². The lowest BCUT2D eigenvalue weighted by molar-refractivity contribution is -0.126. The van der Waals surface area contributed by atoms with E-state index in [4.69, 9.17) is 14.7 Å². The van der Waals surface area contributed by atoms with Gasteiger partial charge in [0.15, 0.2) is 0 Å². The van der Waals surface area contributed by atoms with Gasteiger partial charge in [-0.15, -0.1) is 0 Å². The predicted octanol–water partition coefficient (Wildman–Crippen LogP) is 5.78. The molecule has 6 rings (SSSR count). The van der Waals surface area contributed by atoms with E-state index in [0.717, 1.165) is 58.8 Å². The highest BCUT2D eigenvalue weighted by Gasteiger charge is 2.29. The topological polar surface area (TPSA) is 82.0 Å². The highest BCUT2D eigenvalue weighted by atomic mass is 16.5. The fourth-order valence-electron chi connectivity index (χ4n) is 6.91. The number of carbonyl (C=O) groups excluding carboxylic acids is 1. The van der Waals surface area contributed by atoms with Crippen molar-refractivity contribution in [2.45, 2.75) is 64.8 Å². The van der Waals surface area contributed by atoms with Gasteiger partial charge in [-0.05, 0) is 49.6 Å². The average Bonchev–Trinajstić information content (AvgIpc) is 3.02. The Bertz CT molecular complexity index is 1440. The van der Waals surface area contributed by atoms with Gasteiger partial charge in [0.1, 0.15) is 11.6 Å². The van der Waals surface area contributed by atoms with E-state index in [0.29, 0.717) is 45.3 Å². The van der Waals surface area contributed by atoms with Crippen LogP contribution in [0.2, 0.25) is 0 Å². The molecular formula is C34H43N5O3. The van der Waals surface area contributed by atoms with Crippen molar-refractivity contribution in [2.75, 3.05) is 49.1 Å². The quantitative estimate of drug-likeness (QED) is 0.272. The molecule has 2 aliphatic heterocycles. The molecule has 0 spiro atoms. The number of aryl methyl sites for hydroxylation is 1. The molecule has 0 bridgehead atoms. The second kappa shape index (κ2) is 12.6. The zero-order valence-corrected chi connectivity index (χ0v) is 24.9. The largest absolute Gasteiger partial charge is 0.508 e. The van der Waals surface area contributed by atoms with Gasteiger partial charge in [-0.25, -0.2) is 0 Å². The van der Waals surface area contributed by atoms with E-state index in [9.17, 15) is 9.90 Å². The lowest BCUT2D eigenvalue weighted by atomic mass is 9.86. The summed E-state index contributed by atoms with van der Waals surface area (Å²) in [5.41, 5.74) is 4.31. The van der Waals surface area contributed by atoms with Crippen LogP contribution in [-0.2, 0) is 17.8 Å². The smallest absolute Gasteiger partial charge is 0.318 e. The minimum atomic E-state index is -0.0227. The Kier molecular flexibility index (Phi) is 8.49. The third-order valence-electron chi connectivity index (χ3n) is 9.21. The molecule has 1 saturated carbocycles. The van der Waals surface area contributed by atoms with Gasteiger partial charge in [-0.3, -0.25) is 4.79 Å². The van der Waals surface area contributed by atoms with Gasteiger partial charge in [-0.1, -0.05) is 62.4 Å². The Hall–Kier alpha value is -3.81. The minimum absolute atomic E-state index is 0.0227. The molecular weight excluding hydrogens is 526 g/mol. The van der Waals surface area contributed by atoms with Gasteiger partial charge < -0.3 is 24.5 Å². The van der Waals surface area contributed by atoms with Gasteiger partial charge in [-0.2, -0.15) is 9.97 Å². The lowest BCUT2D eigenvalue weighted by Gasteiger charge is -2.38. The summed E-state index contributed by atoms with van der Waals surface area (Å²) in [7, 11) is 0. The molecule has 2 fully saturated rings. The first-order valence-electron chi connectivity index (χ1n) is 15.7. The number of fused-ring (bicyclic) bond motifs is 2. The number of aromatic nitrogens is 2. The zero-order chi connectivity index (χ0) is 29.1. The number of hydrogen-bond acceptors (Lipinski definition) is 7. The number of aromatic hydroxyl groups is 1. The number of piperazine rings is 1. The minimum Gasteiger partial charge on any atom is -0.508 e. The molecule has 1 saturated heterocycles. The van der Waals surface area contributed by atoms with E-state index >= 15 is 0 Å². The van der Waals surface area contributed by atoms with Crippen molar-refractivity contribution >= 4 is 28.2 Å². The molecule has 0 unspecified atom stereocenters. The Labute approximate surface area is 249 Å². The number of phenolic OH excluding ortho intramolecular Hbond substituents is 1. The molecule has 0 atom stereocenters. The molecule has 8 nitrogen and oxygen atoms in total. The van der Waals surface area contributed by atoms with Crippen molar-refractivity contribution in [3.8, 4) is 11.8 Å². The number of carbonyl (C=O) groups is 1. The summed E-state index contributed by atoms with van der Waals surface area (Å²) in [5, 5.41) is 12.7. The second-order valence-electron chi connectivity index (χ2n) is 12.1. The van der Waals surface area contributed by atoms with E-state index in [1.807, 2.05) is 17.0 Å². The summed E-state index contributed by atoms with van der Waals surface area (Å²) < 4.78 is 6.23. The third kappa shape index (κ3) is 6.18. The predicted molar refractivity (Wildman–Crippen MR) is 167 cm³/mol. The molecule has 1 aliphatic carbocycles. The summed E-state index contributed by atoms with van der Waals surface area (Å²) in [6, 6.07) is 10.5. The van der Waals surface area contributed by atoms with Crippen LogP contribution < -0.4 is 14.5 Å². The molecule has 8 heteroatoms. The fraction of sp³-hybridized carbons (Fsp3) is 0.500.